The number of rotatable bonds is 7. The van der Waals surface area contributed by atoms with E-state index >= 15 is 0 Å². The van der Waals surface area contributed by atoms with E-state index in [1.54, 1.807) is 0 Å². The summed E-state index contributed by atoms with van der Waals surface area (Å²) in [4.78, 5) is 2.13. The molecule has 4 heteroatoms. The van der Waals surface area contributed by atoms with Crippen molar-refractivity contribution in [3.8, 4) is 0 Å². The van der Waals surface area contributed by atoms with Gasteiger partial charge < -0.3 is 0 Å². The summed E-state index contributed by atoms with van der Waals surface area (Å²) >= 11 is -2.58. The van der Waals surface area contributed by atoms with Gasteiger partial charge in [0.05, 0.1) is 0 Å². The molecule has 0 aliphatic heterocycles. The van der Waals surface area contributed by atoms with E-state index in [-0.39, 0.29) is 0 Å². The summed E-state index contributed by atoms with van der Waals surface area (Å²) in [5, 5.41) is 0. The van der Waals surface area contributed by atoms with Crippen LogP contribution in [0.5, 0.6) is 0 Å². The SMILES string of the molecule is CCC[O][Sn]([CH3])([Cl])[CH2]CCC(C)N. The van der Waals surface area contributed by atoms with Crippen molar-refractivity contribution in [3.05, 3.63) is 0 Å². The third-order valence-electron chi connectivity index (χ3n) is 1.89. The zero-order valence-electron chi connectivity index (χ0n) is 8.98. The Kier molecular flexibility index (Phi) is 7.89. The van der Waals surface area contributed by atoms with Crippen LogP contribution in [-0.4, -0.2) is 30.3 Å². The molecule has 0 spiro atoms. The third kappa shape index (κ3) is 9.32. The van der Waals surface area contributed by atoms with Crippen molar-refractivity contribution in [2.45, 2.75) is 48.5 Å². The maximum atomic E-state index is 6.35. The summed E-state index contributed by atoms with van der Waals surface area (Å²) in [6.45, 7) is 4.98. The second-order valence-electron chi connectivity index (χ2n) is 3.82. The van der Waals surface area contributed by atoms with Gasteiger partial charge >= 0.3 is 90.5 Å². The summed E-state index contributed by atoms with van der Waals surface area (Å²) in [5.41, 5.74) is 5.66. The number of hydrogen-bond acceptors (Lipinski definition) is 2. The number of hydrogen-bond donors (Lipinski definition) is 1. The zero-order valence-corrected chi connectivity index (χ0v) is 12.6. The van der Waals surface area contributed by atoms with Gasteiger partial charge in [-0.2, -0.15) is 0 Å². The topological polar surface area (TPSA) is 35.2 Å². The predicted octanol–water partition coefficient (Wildman–Crippen LogP) is 2.85. The summed E-state index contributed by atoms with van der Waals surface area (Å²) in [6, 6.07) is 0.296. The standard InChI is InChI=1S/C5H12N.C3H7O.CH3.ClH.Sn/c1-3-4-5(2)6;1-2-3-4;;;/h5H,1,3-4,6H2,2H3;2-3H2,1H3;1H3;1H;/q;-1;;;+2/p-1. The molecule has 0 saturated carbocycles. The van der Waals surface area contributed by atoms with Gasteiger partial charge in [0.15, 0.2) is 0 Å². The van der Waals surface area contributed by atoms with Crippen LogP contribution in [0.3, 0.4) is 0 Å². The van der Waals surface area contributed by atoms with Gasteiger partial charge in [-0.15, -0.1) is 0 Å². The molecule has 0 bridgehead atoms. The predicted molar refractivity (Wildman–Crippen MR) is 61.4 cm³/mol. The summed E-state index contributed by atoms with van der Waals surface area (Å²) < 4.78 is 6.78. The minimum atomic E-state index is -2.58. The molecule has 13 heavy (non-hydrogen) atoms. The molecule has 0 radical (unpaired) electrons. The zero-order chi connectivity index (χ0) is 10.3. The van der Waals surface area contributed by atoms with Crippen LogP contribution in [0.2, 0.25) is 9.38 Å². The maximum absolute atomic E-state index is 6.35. The molecule has 2 unspecified atom stereocenters. The normalized spacial score (nSPS) is 18.2. The molecule has 0 aliphatic carbocycles. The molecule has 0 heterocycles. The van der Waals surface area contributed by atoms with E-state index in [1.807, 2.05) is 6.92 Å². The molecule has 0 rings (SSSR count). The first-order chi connectivity index (χ1) is 5.98. The van der Waals surface area contributed by atoms with Gasteiger partial charge in [0.25, 0.3) is 0 Å². The second-order valence-corrected chi connectivity index (χ2v) is 17.7. The molecule has 0 aromatic rings. The Hall–Kier alpha value is 1.01. The van der Waals surface area contributed by atoms with E-state index < -0.39 is 17.7 Å². The fraction of sp³-hybridized carbons (Fsp3) is 1.00. The Bertz CT molecular complexity index is 131. The Balaban J connectivity index is 3.50. The van der Waals surface area contributed by atoms with Crippen LogP contribution in [0.25, 0.3) is 0 Å². The molecule has 0 fully saturated rings. The van der Waals surface area contributed by atoms with Gasteiger partial charge in [0, 0.05) is 0 Å². The minimum absolute atomic E-state index is 0.296. The molecule has 80 valence electrons. The molecule has 2 atom stereocenters. The van der Waals surface area contributed by atoms with Crippen LogP contribution < -0.4 is 5.73 Å². The van der Waals surface area contributed by atoms with Crippen molar-refractivity contribution in [1.29, 1.82) is 0 Å². The molecule has 2 N–H and O–H groups in total. The molecular formula is C9H22ClNOSn. The van der Waals surface area contributed by atoms with Gasteiger partial charge in [-0.1, -0.05) is 0 Å². The Morgan fingerprint density at radius 1 is 1.54 bits per heavy atom. The van der Waals surface area contributed by atoms with Gasteiger partial charge in [0.1, 0.15) is 0 Å². The van der Waals surface area contributed by atoms with E-state index in [1.165, 1.54) is 0 Å². The fourth-order valence-corrected chi connectivity index (χ4v) is 7.14. The van der Waals surface area contributed by atoms with E-state index in [2.05, 4.69) is 11.9 Å². The van der Waals surface area contributed by atoms with Crippen molar-refractivity contribution in [3.63, 3.8) is 0 Å². The van der Waals surface area contributed by atoms with Gasteiger partial charge in [-0.25, -0.2) is 0 Å². The van der Waals surface area contributed by atoms with Crippen LogP contribution in [0.4, 0.5) is 0 Å². The first-order valence-electron chi connectivity index (χ1n) is 5.06. The summed E-state index contributed by atoms with van der Waals surface area (Å²) in [5.74, 6) is 0. The summed E-state index contributed by atoms with van der Waals surface area (Å²) in [6.07, 6.45) is 3.25. The molecule has 0 amide bonds. The average molecular weight is 314 g/mol. The third-order valence-corrected chi connectivity index (χ3v) is 9.75. The van der Waals surface area contributed by atoms with E-state index in [0.717, 1.165) is 30.3 Å². The molecular weight excluding hydrogens is 292 g/mol. The van der Waals surface area contributed by atoms with Crippen LogP contribution >= 0.6 is 8.92 Å². The Labute approximate surface area is 90.3 Å². The average Bonchev–Trinajstić information content (AvgIpc) is 2.00. The quantitative estimate of drug-likeness (QED) is 0.733. The molecule has 0 aromatic heterocycles. The second kappa shape index (κ2) is 7.32. The van der Waals surface area contributed by atoms with Crippen molar-refractivity contribution in [2.75, 3.05) is 6.61 Å². The van der Waals surface area contributed by atoms with Crippen molar-refractivity contribution in [2.24, 2.45) is 5.73 Å². The van der Waals surface area contributed by atoms with Crippen LogP contribution in [-0.2, 0) is 3.07 Å². The van der Waals surface area contributed by atoms with E-state index in [4.69, 9.17) is 17.7 Å². The first kappa shape index (κ1) is 14.0. The van der Waals surface area contributed by atoms with Crippen molar-refractivity contribution >= 4 is 26.6 Å². The van der Waals surface area contributed by atoms with Gasteiger partial charge in [-0.05, 0) is 0 Å². The monoisotopic (exact) mass is 315 g/mol. The first-order valence-corrected chi connectivity index (χ1v) is 14.7. The number of nitrogens with two attached hydrogens (primary N) is 1. The van der Waals surface area contributed by atoms with Gasteiger partial charge in [-0.3, -0.25) is 0 Å². The van der Waals surface area contributed by atoms with Crippen molar-refractivity contribution < 1.29 is 3.07 Å². The van der Waals surface area contributed by atoms with Crippen LogP contribution in [0, 0.1) is 0 Å². The molecule has 0 aromatic carbocycles. The fourth-order valence-electron chi connectivity index (χ4n) is 1.13. The Morgan fingerprint density at radius 2 is 2.15 bits per heavy atom. The van der Waals surface area contributed by atoms with E-state index in [9.17, 15) is 0 Å². The Morgan fingerprint density at radius 3 is 2.62 bits per heavy atom. The van der Waals surface area contributed by atoms with Gasteiger partial charge in [0.2, 0.25) is 0 Å². The van der Waals surface area contributed by atoms with E-state index in [0.29, 0.717) is 6.04 Å². The van der Waals surface area contributed by atoms with Crippen LogP contribution in [0.1, 0.15) is 33.1 Å². The van der Waals surface area contributed by atoms with Crippen LogP contribution in [0.15, 0.2) is 0 Å². The number of halogens is 1. The van der Waals surface area contributed by atoms with Crippen molar-refractivity contribution in [1.82, 2.24) is 0 Å². The molecule has 0 aliphatic rings. The molecule has 0 saturated heterocycles. The molecule has 2 nitrogen and oxygen atoms in total. The summed E-state index contributed by atoms with van der Waals surface area (Å²) in [7, 11) is 6.35.